The number of pyridine rings is 1. The fraction of sp³-hybridized carbons (Fsp3) is 0.333. The summed E-state index contributed by atoms with van der Waals surface area (Å²) in [6.07, 6.45) is -1.41. The SMILES string of the molecule is Cc1cccc2c1N(C(=O)CSc1ncccc1C(F)(F)F)CCC2. The molecule has 0 fully saturated rings. The van der Waals surface area contributed by atoms with Gasteiger partial charge in [0.15, 0.2) is 0 Å². The van der Waals surface area contributed by atoms with E-state index in [4.69, 9.17) is 0 Å². The number of aromatic nitrogens is 1. The zero-order chi connectivity index (χ0) is 18.0. The summed E-state index contributed by atoms with van der Waals surface area (Å²) in [4.78, 5) is 18.1. The number of rotatable bonds is 3. The average Bonchev–Trinajstić information content (AvgIpc) is 2.59. The number of thioether (sulfide) groups is 1. The van der Waals surface area contributed by atoms with Crippen molar-refractivity contribution in [3.8, 4) is 0 Å². The number of para-hydroxylation sites is 1. The van der Waals surface area contributed by atoms with E-state index in [1.165, 1.54) is 12.3 Å². The van der Waals surface area contributed by atoms with Crippen LogP contribution in [0.4, 0.5) is 18.9 Å². The summed E-state index contributed by atoms with van der Waals surface area (Å²) in [5, 5.41) is -0.162. The third kappa shape index (κ3) is 3.81. The van der Waals surface area contributed by atoms with E-state index < -0.39 is 11.7 Å². The summed E-state index contributed by atoms with van der Waals surface area (Å²) in [5.41, 5.74) is 2.21. The van der Waals surface area contributed by atoms with Crippen molar-refractivity contribution >= 4 is 23.4 Å². The van der Waals surface area contributed by atoms with Crippen molar-refractivity contribution in [1.82, 2.24) is 4.98 Å². The van der Waals surface area contributed by atoms with Crippen LogP contribution in [0, 0.1) is 6.92 Å². The second-order valence-electron chi connectivity index (χ2n) is 5.87. The van der Waals surface area contributed by atoms with Crippen LogP contribution in [0.3, 0.4) is 0 Å². The highest BCUT2D eigenvalue weighted by atomic mass is 32.2. The van der Waals surface area contributed by atoms with Crippen molar-refractivity contribution in [2.24, 2.45) is 0 Å². The van der Waals surface area contributed by atoms with Crippen LogP contribution in [0.5, 0.6) is 0 Å². The topological polar surface area (TPSA) is 33.2 Å². The molecule has 1 aromatic heterocycles. The Morgan fingerprint density at radius 1 is 1.28 bits per heavy atom. The number of anilines is 1. The lowest BCUT2D eigenvalue weighted by atomic mass is 9.98. The van der Waals surface area contributed by atoms with E-state index >= 15 is 0 Å². The van der Waals surface area contributed by atoms with Crippen molar-refractivity contribution in [2.45, 2.75) is 31.0 Å². The fourth-order valence-corrected chi connectivity index (χ4v) is 3.92. The smallest absolute Gasteiger partial charge is 0.311 e. The van der Waals surface area contributed by atoms with Crippen molar-refractivity contribution < 1.29 is 18.0 Å². The number of fused-ring (bicyclic) bond motifs is 1. The van der Waals surface area contributed by atoms with Crippen LogP contribution in [0.15, 0.2) is 41.6 Å². The predicted molar refractivity (Wildman–Crippen MR) is 91.8 cm³/mol. The maximum absolute atomic E-state index is 13.0. The first-order chi connectivity index (χ1) is 11.9. The molecule has 1 aliphatic rings. The molecule has 0 spiro atoms. The molecule has 3 rings (SSSR count). The minimum atomic E-state index is -4.48. The first kappa shape index (κ1) is 17.8. The van der Waals surface area contributed by atoms with E-state index in [-0.39, 0.29) is 16.7 Å². The number of benzene rings is 1. The zero-order valence-corrected chi connectivity index (χ0v) is 14.5. The fourth-order valence-electron chi connectivity index (χ4n) is 3.03. The Labute approximate surface area is 148 Å². The molecule has 3 nitrogen and oxygen atoms in total. The number of aryl methyl sites for hydroxylation is 2. The maximum Gasteiger partial charge on any atom is 0.419 e. The average molecular weight is 366 g/mol. The number of carbonyl (C=O) groups excluding carboxylic acids is 1. The third-order valence-electron chi connectivity index (χ3n) is 4.13. The summed E-state index contributed by atoms with van der Waals surface area (Å²) in [6, 6.07) is 8.13. The largest absolute Gasteiger partial charge is 0.419 e. The van der Waals surface area contributed by atoms with E-state index in [2.05, 4.69) is 4.98 Å². The quantitative estimate of drug-likeness (QED) is 0.751. The van der Waals surface area contributed by atoms with E-state index in [1.54, 1.807) is 4.90 Å². The van der Waals surface area contributed by atoms with Gasteiger partial charge in [-0.25, -0.2) is 4.98 Å². The normalized spacial score (nSPS) is 14.3. The number of alkyl halides is 3. The molecule has 0 aliphatic carbocycles. The van der Waals surface area contributed by atoms with Gasteiger partial charge in [-0.2, -0.15) is 13.2 Å². The Hall–Kier alpha value is -2.02. The molecule has 25 heavy (non-hydrogen) atoms. The molecule has 132 valence electrons. The molecule has 1 aromatic carbocycles. The van der Waals surface area contributed by atoms with Gasteiger partial charge in [0.25, 0.3) is 0 Å². The second kappa shape index (κ2) is 7.07. The van der Waals surface area contributed by atoms with E-state index in [9.17, 15) is 18.0 Å². The second-order valence-corrected chi connectivity index (χ2v) is 6.84. The Bertz CT molecular complexity index is 792. The summed E-state index contributed by atoms with van der Waals surface area (Å²) in [5.74, 6) is -0.271. The highest BCUT2D eigenvalue weighted by Gasteiger charge is 2.34. The summed E-state index contributed by atoms with van der Waals surface area (Å²) in [6.45, 7) is 2.53. The van der Waals surface area contributed by atoms with Gasteiger partial charge in [0.2, 0.25) is 5.91 Å². The van der Waals surface area contributed by atoms with Gasteiger partial charge in [-0.15, -0.1) is 0 Å². The summed E-state index contributed by atoms with van der Waals surface area (Å²) >= 11 is 0.834. The molecular formula is C18H17F3N2OS. The first-order valence-corrected chi connectivity index (χ1v) is 8.90. The number of halogens is 3. The molecule has 1 amide bonds. The lowest BCUT2D eigenvalue weighted by Gasteiger charge is -2.31. The van der Waals surface area contributed by atoms with E-state index in [1.807, 2.05) is 25.1 Å². The molecule has 0 saturated heterocycles. The molecule has 7 heteroatoms. The van der Waals surface area contributed by atoms with Crippen molar-refractivity contribution in [1.29, 1.82) is 0 Å². The van der Waals surface area contributed by atoms with Gasteiger partial charge in [0.05, 0.1) is 11.3 Å². The Kier molecular flexibility index (Phi) is 5.03. The zero-order valence-electron chi connectivity index (χ0n) is 13.6. The Morgan fingerprint density at radius 3 is 2.84 bits per heavy atom. The van der Waals surface area contributed by atoms with Crippen LogP contribution < -0.4 is 4.90 Å². The van der Waals surface area contributed by atoms with E-state index in [0.29, 0.717) is 6.54 Å². The molecule has 0 N–H and O–H groups in total. The Balaban J connectivity index is 1.78. The standard InChI is InChI=1S/C18H17F3N2OS/c1-12-5-2-6-13-7-4-10-23(16(12)13)15(24)11-25-17-14(18(19,20)21)8-3-9-22-17/h2-3,5-6,8-9H,4,7,10-11H2,1H3. The van der Waals surface area contributed by atoms with Crippen LogP contribution in [0.2, 0.25) is 0 Å². The number of hydrogen-bond donors (Lipinski definition) is 0. The summed E-state index contributed by atoms with van der Waals surface area (Å²) < 4.78 is 39.1. The molecular weight excluding hydrogens is 349 g/mol. The third-order valence-corrected chi connectivity index (χ3v) is 5.12. The maximum atomic E-state index is 13.0. The first-order valence-electron chi connectivity index (χ1n) is 7.92. The highest BCUT2D eigenvalue weighted by Crippen LogP contribution is 2.36. The van der Waals surface area contributed by atoms with Crippen molar-refractivity contribution in [3.63, 3.8) is 0 Å². The minimum Gasteiger partial charge on any atom is -0.311 e. The van der Waals surface area contributed by atoms with Crippen molar-refractivity contribution in [3.05, 3.63) is 53.2 Å². The van der Waals surface area contributed by atoms with Crippen LogP contribution in [0.25, 0.3) is 0 Å². The molecule has 0 bridgehead atoms. The molecule has 0 radical (unpaired) electrons. The summed E-state index contributed by atoms with van der Waals surface area (Å²) in [7, 11) is 0. The lowest BCUT2D eigenvalue weighted by Crippen LogP contribution is -2.37. The highest BCUT2D eigenvalue weighted by molar-refractivity contribution is 8.00. The molecule has 2 heterocycles. The van der Waals surface area contributed by atoms with Gasteiger partial charge in [-0.1, -0.05) is 30.0 Å². The number of nitrogens with zero attached hydrogens (tertiary/aromatic N) is 2. The van der Waals surface area contributed by atoms with Gasteiger partial charge in [-0.05, 0) is 43.0 Å². The molecule has 0 atom stereocenters. The van der Waals surface area contributed by atoms with Crippen LogP contribution >= 0.6 is 11.8 Å². The number of hydrogen-bond acceptors (Lipinski definition) is 3. The van der Waals surface area contributed by atoms with Gasteiger partial charge in [0, 0.05) is 18.4 Å². The monoisotopic (exact) mass is 366 g/mol. The molecule has 2 aromatic rings. The van der Waals surface area contributed by atoms with Gasteiger partial charge >= 0.3 is 6.18 Å². The van der Waals surface area contributed by atoms with Crippen LogP contribution in [-0.2, 0) is 17.4 Å². The Morgan fingerprint density at radius 2 is 2.08 bits per heavy atom. The van der Waals surface area contributed by atoms with Gasteiger partial charge in [0.1, 0.15) is 5.03 Å². The van der Waals surface area contributed by atoms with E-state index in [0.717, 1.165) is 47.5 Å². The van der Waals surface area contributed by atoms with Gasteiger partial charge in [-0.3, -0.25) is 4.79 Å². The van der Waals surface area contributed by atoms with Crippen LogP contribution in [-0.4, -0.2) is 23.2 Å². The van der Waals surface area contributed by atoms with Gasteiger partial charge < -0.3 is 4.90 Å². The number of carbonyl (C=O) groups is 1. The van der Waals surface area contributed by atoms with Crippen molar-refractivity contribution in [2.75, 3.05) is 17.2 Å². The molecule has 0 saturated carbocycles. The molecule has 1 aliphatic heterocycles. The predicted octanol–water partition coefficient (Wildman–Crippen LogP) is 4.48. The number of amides is 1. The van der Waals surface area contributed by atoms with Crippen LogP contribution in [0.1, 0.15) is 23.1 Å². The minimum absolute atomic E-state index is 0.0755. The lowest BCUT2D eigenvalue weighted by molar-refractivity contribution is -0.140. The molecule has 0 unspecified atom stereocenters.